The first kappa shape index (κ1) is 19.0. The summed E-state index contributed by atoms with van der Waals surface area (Å²) in [6.07, 6.45) is 5.37. The van der Waals surface area contributed by atoms with E-state index in [0.29, 0.717) is 43.4 Å². The van der Waals surface area contributed by atoms with Crippen molar-refractivity contribution in [2.24, 2.45) is 5.92 Å². The van der Waals surface area contributed by atoms with Gasteiger partial charge in [-0.25, -0.2) is 0 Å². The largest absolute Gasteiger partial charge is 0.489 e. The molecule has 2 atom stereocenters. The molecule has 134 valence electrons. The Balaban J connectivity index is 0.00000208. The van der Waals surface area contributed by atoms with Gasteiger partial charge in [-0.15, -0.1) is 12.4 Å². The molecule has 0 radical (unpaired) electrons. The second-order valence-electron chi connectivity index (χ2n) is 6.57. The van der Waals surface area contributed by atoms with Crippen LogP contribution in [0.5, 0.6) is 5.75 Å². The summed E-state index contributed by atoms with van der Waals surface area (Å²) in [5.74, 6) is 1.28. The molecular formula is C18H27ClN2O3. The number of methoxy groups -OCH3 is 1. The van der Waals surface area contributed by atoms with Crippen molar-refractivity contribution in [1.29, 1.82) is 0 Å². The lowest BCUT2D eigenvalue weighted by molar-refractivity contribution is -0.117. The lowest BCUT2D eigenvalue weighted by atomic mass is 9.89. The van der Waals surface area contributed by atoms with Crippen LogP contribution in [0.1, 0.15) is 32.1 Å². The number of carbonyl (C=O) groups excluding carboxylic acids is 1. The molecule has 0 aromatic heterocycles. The van der Waals surface area contributed by atoms with Crippen LogP contribution in [0.2, 0.25) is 0 Å². The predicted octanol–water partition coefficient (Wildman–Crippen LogP) is 2.99. The highest BCUT2D eigenvalue weighted by molar-refractivity contribution is 5.92. The van der Waals surface area contributed by atoms with Crippen LogP contribution in [0.4, 0.5) is 5.69 Å². The van der Waals surface area contributed by atoms with E-state index in [1.165, 1.54) is 12.8 Å². The fourth-order valence-corrected chi connectivity index (χ4v) is 3.74. The molecule has 0 spiro atoms. The van der Waals surface area contributed by atoms with Gasteiger partial charge in [0.2, 0.25) is 5.91 Å². The van der Waals surface area contributed by atoms with Crippen molar-refractivity contribution in [3.05, 3.63) is 24.3 Å². The first-order chi connectivity index (χ1) is 11.2. The van der Waals surface area contributed by atoms with Crippen molar-refractivity contribution < 1.29 is 14.3 Å². The number of nitrogens with one attached hydrogen (secondary N) is 2. The molecule has 6 heteroatoms. The van der Waals surface area contributed by atoms with Gasteiger partial charge >= 0.3 is 0 Å². The van der Waals surface area contributed by atoms with E-state index in [1.54, 1.807) is 7.11 Å². The normalized spacial score (nSPS) is 25.0. The van der Waals surface area contributed by atoms with Crippen molar-refractivity contribution >= 4 is 24.0 Å². The van der Waals surface area contributed by atoms with E-state index in [1.807, 2.05) is 24.3 Å². The van der Waals surface area contributed by atoms with Gasteiger partial charge in [-0.1, -0.05) is 12.1 Å². The second-order valence-corrected chi connectivity index (χ2v) is 6.57. The first-order valence-electron chi connectivity index (χ1n) is 8.51. The average molecular weight is 355 g/mol. The van der Waals surface area contributed by atoms with Gasteiger partial charge in [-0.3, -0.25) is 4.79 Å². The van der Waals surface area contributed by atoms with Gasteiger partial charge in [0, 0.05) is 25.6 Å². The van der Waals surface area contributed by atoms with Crippen molar-refractivity contribution in [2.45, 2.75) is 44.2 Å². The Labute approximate surface area is 149 Å². The quantitative estimate of drug-likeness (QED) is 0.739. The van der Waals surface area contributed by atoms with E-state index in [0.717, 1.165) is 18.5 Å². The molecular weight excluding hydrogens is 328 g/mol. The number of ether oxygens (including phenoxy) is 2. The molecule has 5 nitrogen and oxygen atoms in total. The highest BCUT2D eigenvalue weighted by atomic mass is 35.5. The highest BCUT2D eigenvalue weighted by Crippen LogP contribution is 2.33. The van der Waals surface area contributed by atoms with Crippen molar-refractivity contribution in [2.75, 3.05) is 25.6 Å². The number of piperidine rings is 1. The van der Waals surface area contributed by atoms with Crippen LogP contribution < -0.4 is 15.4 Å². The Hall–Kier alpha value is -1.30. The van der Waals surface area contributed by atoms with Gasteiger partial charge in [0.05, 0.1) is 12.3 Å². The molecule has 1 amide bonds. The molecule has 2 saturated heterocycles. The second kappa shape index (κ2) is 9.25. The molecule has 2 unspecified atom stereocenters. The SMILES string of the molecule is COCCOc1ccccc1NC(=O)CC1CC2CCC(C1)N2.Cl. The van der Waals surface area contributed by atoms with Crippen LogP contribution >= 0.6 is 12.4 Å². The van der Waals surface area contributed by atoms with Crippen molar-refractivity contribution in [1.82, 2.24) is 5.32 Å². The zero-order valence-corrected chi connectivity index (χ0v) is 14.9. The first-order valence-corrected chi connectivity index (χ1v) is 8.51. The van der Waals surface area contributed by atoms with Gasteiger partial charge < -0.3 is 20.1 Å². The number of hydrogen-bond donors (Lipinski definition) is 2. The van der Waals surface area contributed by atoms with Gasteiger partial charge in [-0.05, 0) is 43.7 Å². The third-order valence-corrected chi connectivity index (χ3v) is 4.75. The molecule has 0 saturated carbocycles. The summed E-state index contributed by atoms with van der Waals surface area (Å²) in [6.45, 7) is 1.00. The minimum atomic E-state index is 0. The van der Waals surface area contributed by atoms with Crippen LogP contribution in [-0.4, -0.2) is 38.3 Å². The summed E-state index contributed by atoms with van der Waals surface area (Å²) < 4.78 is 10.7. The molecule has 2 aliphatic heterocycles. The maximum atomic E-state index is 12.4. The van der Waals surface area contributed by atoms with E-state index >= 15 is 0 Å². The lowest BCUT2D eigenvalue weighted by Crippen LogP contribution is -2.39. The standard InChI is InChI=1S/C18H26N2O3.ClH/c1-22-8-9-23-17-5-3-2-4-16(17)20-18(21)12-13-10-14-6-7-15(11-13)19-14;/h2-5,13-15,19H,6-12H2,1H3,(H,20,21);1H. The summed E-state index contributed by atoms with van der Waals surface area (Å²) in [4.78, 5) is 12.4. The molecule has 1 aromatic carbocycles. The van der Waals surface area contributed by atoms with Gasteiger partial charge in [0.25, 0.3) is 0 Å². The number of para-hydroxylation sites is 2. The molecule has 1 aromatic rings. The molecule has 24 heavy (non-hydrogen) atoms. The zero-order chi connectivity index (χ0) is 16.1. The summed E-state index contributed by atoms with van der Waals surface area (Å²) in [6, 6.07) is 8.81. The smallest absolute Gasteiger partial charge is 0.224 e. The Kier molecular flexibility index (Phi) is 7.34. The molecule has 2 fully saturated rings. The summed E-state index contributed by atoms with van der Waals surface area (Å²) in [7, 11) is 1.64. The maximum absolute atomic E-state index is 12.4. The Morgan fingerprint density at radius 2 is 1.92 bits per heavy atom. The van der Waals surface area contributed by atoms with Crippen LogP contribution in [-0.2, 0) is 9.53 Å². The Morgan fingerprint density at radius 1 is 1.21 bits per heavy atom. The summed E-state index contributed by atoms with van der Waals surface area (Å²) >= 11 is 0. The van der Waals surface area contributed by atoms with Crippen molar-refractivity contribution in [3.63, 3.8) is 0 Å². The topological polar surface area (TPSA) is 59.6 Å². The highest BCUT2D eigenvalue weighted by Gasteiger charge is 2.34. The fraction of sp³-hybridized carbons (Fsp3) is 0.611. The fourth-order valence-electron chi connectivity index (χ4n) is 3.74. The Morgan fingerprint density at radius 3 is 2.62 bits per heavy atom. The zero-order valence-electron chi connectivity index (χ0n) is 14.1. The van der Waals surface area contributed by atoms with Gasteiger partial charge in [0.15, 0.2) is 0 Å². The van der Waals surface area contributed by atoms with Crippen LogP contribution in [0.3, 0.4) is 0 Å². The third-order valence-electron chi connectivity index (χ3n) is 4.75. The predicted molar refractivity (Wildman–Crippen MR) is 97.0 cm³/mol. The van der Waals surface area contributed by atoms with E-state index in [9.17, 15) is 4.79 Å². The number of carbonyl (C=O) groups is 1. The summed E-state index contributed by atoms with van der Waals surface area (Å²) in [5, 5.41) is 6.63. The van der Waals surface area contributed by atoms with Crippen molar-refractivity contribution in [3.8, 4) is 5.75 Å². The number of fused-ring (bicyclic) bond motifs is 2. The number of anilines is 1. The number of rotatable bonds is 7. The minimum Gasteiger partial charge on any atom is -0.489 e. The average Bonchev–Trinajstić information content (AvgIpc) is 2.88. The molecule has 2 N–H and O–H groups in total. The number of hydrogen-bond acceptors (Lipinski definition) is 4. The van der Waals surface area contributed by atoms with E-state index < -0.39 is 0 Å². The third kappa shape index (κ3) is 5.10. The molecule has 3 rings (SSSR count). The monoisotopic (exact) mass is 354 g/mol. The van der Waals surface area contributed by atoms with E-state index in [4.69, 9.17) is 9.47 Å². The molecule has 2 bridgehead atoms. The lowest BCUT2D eigenvalue weighted by Gasteiger charge is -2.28. The summed E-state index contributed by atoms with van der Waals surface area (Å²) in [5.41, 5.74) is 0.741. The van der Waals surface area contributed by atoms with Gasteiger partial charge in [-0.2, -0.15) is 0 Å². The minimum absolute atomic E-state index is 0. The van der Waals surface area contributed by atoms with Gasteiger partial charge in [0.1, 0.15) is 12.4 Å². The molecule has 2 heterocycles. The van der Waals surface area contributed by atoms with Crippen LogP contribution in [0, 0.1) is 5.92 Å². The van der Waals surface area contributed by atoms with E-state index in [2.05, 4.69) is 10.6 Å². The molecule has 0 aliphatic carbocycles. The number of halogens is 1. The molecule has 2 aliphatic rings. The van der Waals surface area contributed by atoms with Crippen LogP contribution in [0.25, 0.3) is 0 Å². The van der Waals surface area contributed by atoms with Crippen LogP contribution in [0.15, 0.2) is 24.3 Å². The van der Waals surface area contributed by atoms with E-state index in [-0.39, 0.29) is 18.3 Å². The number of amides is 1. The maximum Gasteiger partial charge on any atom is 0.224 e. The number of benzene rings is 1. The Bertz CT molecular complexity index is 529.